The van der Waals surface area contributed by atoms with Crippen molar-refractivity contribution >= 4 is 23.3 Å². The molecule has 2 aromatic rings. The highest BCUT2D eigenvalue weighted by atomic mass is 35.5. The molecule has 3 atom stereocenters. The maximum atomic E-state index is 12.5. The Morgan fingerprint density at radius 3 is 2.46 bits per heavy atom. The molecule has 4 rings (SSSR count). The zero-order valence-corrected chi connectivity index (χ0v) is 15.3. The highest BCUT2D eigenvalue weighted by Crippen LogP contribution is 2.45. The number of carbonyl (C=O) groups excluding carboxylic acids is 1. The first-order valence-corrected chi connectivity index (χ1v) is 9.46. The lowest BCUT2D eigenvalue weighted by Gasteiger charge is -2.26. The summed E-state index contributed by atoms with van der Waals surface area (Å²) in [4.78, 5) is 14.4. The van der Waals surface area contributed by atoms with Gasteiger partial charge in [-0.1, -0.05) is 48.0 Å². The summed E-state index contributed by atoms with van der Waals surface area (Å²) < 4.78 is 0. The van der Waals surface area contributed by atoms with Crippen LogP contribution in [0, 0.1) is 11.8 Å². The van der Waals surface area contributed by atoms with Crippen LogP contribution in [0.4, 0.5) is 10.5 Å². The number of hydrogen-bond acceptors (Lipinski definition) is 2. The van der Waals surface area contributed by atoms with Crippen molar-refractivity contribution in [2.75, 3.05) is 18.4 Å². The van der Waals surface area contributed by atoms with Gasteiger partial charge in [-0.3, -0.25) is 0 Å². The predicted octanol–water partition coefficient (Wildman–Crippen LogP) is 4.19. The van der Waals surface area contributed by atoms with E-state index in [4.69, 9.17) is 11.6 Å². The average molecular weight is 371 g/mol. The first-order chi connectivity index (χ1) is 12.5. The minimum Gasteiger partial charge on any atom is -0.390 e. The molecule has 1 saturated carbocycles. The molecule has 0 radical (unpaired) electrons. The van der Waals surface area contributed by atoms with Gasteiger partial charge in [-0.15, -0.1) is 0 Å². The van der Waals surface area contributed by atoms with Crippen LogP contribution < -0.4 is 5.32 Å². The fourth-order valence-corrected chi connectivity index (χ4v) is 4.71. The number of aliphatic hydroxyl groups is 1. The highest BCUT2D eigenvalue weighted by Gasteiger charge is 2.49. The number of benzene rings is 2. The summed E-state index contributed by atoms with van der Waals surface area (Å²) >= 11 is 5.97. The van der Waals surface area contributed by atoms with Crippen molar-refractivity contribution in [3.05, 3.63) is 65.2 Å². The Kier molecular flexibility index (Phi) is 4.63. The largest absolute Gasteiger partial charge is 0.390 e. The summed E-state index contributed by atoms with van der Waals surface area (Å²) in [6.45, 7) is 1.41. The molecule has 1 aliphatic heterocycles. The molecule has 1 saturated heterocycles. The molecule has 2 amide bonds. The molecule has 136 valence electrons. The van der Waals surface area contributed by atoms with E-state index in [9.17, 15) is 9.90 Å². The van der Waals surface area contributed by atoms with E-state index >= 15 is 0 Å². The van der Waals surface area contributed by atoms with Gasteiger partial charge < -0.3 is 15.3 Å². The number of nitrogens with one attached hydrogen (secondary N) is 1. The van der Waals surface area contributed by atoms with E-state index < -0.39 is 5.60 Å². The Labute approximate surface area is 158 Å². The number of halogens is 1. The van der Waals surface area contributed by atoms with Crippen LogP contribution in [0.3, 0.4) is 0 Å². The van der Waals surface area contributed by atoms with E-state index in [0.29, 0.717) is 42.1 Å². The van der Waals surface area contributed by atoms with Crippen LogP contribution in [0.15, 0.2) is 54.6 Å². The van der Waals surface area contributed by atoms with E-state index in [2.05, 4.69) is 17.4 Å². The van der Waals surface area contributed by atoms with Crippen LogP contribution in [-0.2, 0) is 6.42 Å². The third-order valence-corrected chi connectivity index (χ3v) is 5.83. The Hall–Kier alpha value is -2.04. The molecule has 2 fully saturated rings. The molecular weight excluding hydrogens is 348 g/mol. The van der Waals surface area contributed by atoms with Crippen LogP contribution in [0.2, 0.25) is 5.02 Å². The summed E-state index contributed by atoms with van der Waals surface area (Å²) in [5.41, 5.74) is 1.23. The zero-order chi connectivity index (χ0) is 18.1. The number of rotatable bonds is 3. The number of urea groups is 1. The van der Waals surface area contributed by atoms with Crippen LogP contribution in [0.25, 0.3) is 0 Å². The topological polar surface area (TPSA) is 52.6 Å². The van der Waals surface area contributed by atoms with E-state index in [0.717, 1.165) is 12.8 Å². The van der Waals surface area contributed by atoms with Crippen molar-refractivity contribution in [1.82, 2.24) is 4.90 Å². The lowest BCUT2D eigenvalue weighted by molar-refractivity contribution is 0.0368. The highest BCUT2D eigenvalue weighted by molar-refractivity contribution is 6.30. The Morgan fingerprint density at radius 2 is 1.81 bits per heavy atom. The van der Waals surface area contributed by atoms with E-state index in [1.54, 1.807) is 12.1 Å². The Morgan fingerprint density at radius 1 is 1.12 bits per heavy atom. The summed E-state index contributed by atoms with van der Waals surface area (Å²) in [5.74, 6) is 0.739. The smallest absolute Gasteiger partial charge is 0.321 e. The van der Waals surface area contributed by atoms with Crippen molar-refractivity contribution < 1.29 is 9.90 Å². The monoisotopic (exact) mass is 370 g/mol. The molecule has 26 heavy (non-hydrogen) atoms. The quantitative estimate of drug-likeness (QED) is 0.851. The maximum Gasteiger partial charge on any atom is 0.321 e. The van der Waals surface area contributed by atoms with Crippen LogP contribution >= 0.6 is 11.6 Å². The third-order valence-electron chi connectivity index (χ3n) is 5.60. The molecule has 1 heterocycles. The zero-order valence-electron chi connectivity index (χ0n) is 14.6. The van der Waals surface area contributed by atoms with Gasteiger partial charge in [0.15, 0.2) is 0 Å². The first kappa shape index (κ1) is 17.4. The van der Waals surface area contributed by atoms with E-state index in [1.807, 2.05) is 35.2 Å². The van der Waals surface area contributed by atoms with Gasteiger partial charge in [0.1, 0.15) is 0 Å². The van der Waals surface area contributed by atoms with Gasteiger partial charge >= 0.3 is 6.03 Å². The molecule has 0 bridgehead atoms. The lowest BCUT2D eigenvalue weighted by atomic mass is 9.91. The van der Waals surface area contributed by atoms with Crippen LogP contribution in [0.1, 0.15) is 18.4 Å². The molecule has 2 N–H and O–H groups in total. The Balaban J connectivity index is 1.35. The van der Waals surface area contributed by atoms with Crippen molar-refractivity contribution in [2.45, 2.75) is 24.9 Å². The number of likely N-dealkylation sites (tertiary alicyclic amines) is 1. The van der Waals surface area contributed by atoms with Gasteiger partial charge in [0.05, 0.1) is 5.60 Å². The normalized spacial score (nSPS) is 27.4. The third kappa shape index (κ3) is 3.71. The molecule has 0 spiro atoms. The fraction of sp³-hybridized carbons (Fsp3) is 0.381. The van der Waals surface area contributed by atoms with E-state index in [-0.39, 0.29) is 6.03 Å². The van der Waals surface area contributed by atoms with Gasteiger partial charge in [-0.2, -0.15) is 0 Å². The van der Waals surface area contributed by atoms with Crippen LogP contribution in [0.5, 0.6) is 0 Å². The second-order valence-electron chi connectivity index (χ2n) is 7.66. The second-order valence-corrected chi connectivity index (χ2v) is 8.10. The fourth-order valence-electron chi connectivity index (χ4n) is 4.52. The average Bonchev–Trinajstić information content (AvgIpc) is 3.10. The van der Waals surface area contributed by atoms with Crippen molar-refractivity contribution in [2.24, 2.45) is 11.8 Å². The Bertz CT molecular complexity index is 782. The molecule has 2 aromatic carbocycles. The molecular formula is C21H23ClN2O2. The van der Waals surface area contributed by atoms with Gasteiger partial charge in [0, 0.05) is 30.2 Å². The molecule has 4 nitrogen and oxygen atoms in total. The molecule has 2 aliphatic rings. The lowest BCUT2D eigenvalue weighted by Crippen LogP contribution is -2.36. The summed E-state index contributed by atoms with van der Waals surface area (Å²) in [7, 11) is 0. The number of amides is 2. The maximum absolute atomic E-state index is 12.5. The SMILES string of the molecule is O=C(Nc1cccc(Cl)c1)N1C[C@@H]2CC(O)(Cc3ccccc3)C[C@@H]2C1. The molecule has 0 aromatic heterocycles. The van der Waals surface area contributed by atoms with Crippen molar-refractivity contribution in [3.8, 4) is 0 Å². The first-order valence-electron chi connectivity index (χ1n) is 9.09. The van der Waals surface area contributed by atoms with Gasteiger partial charge in [0.2, 0.25) is 0 Å². The molecule has 1 aliphatic carbocycles. The number of carbonyl (C=O) groups is 1. The summed E-state index contributed by atoms with van der Waals surface area (Å²) in [6, 6.07) is 17.2. The molecule has 5 heteroatoms. The van der Waals surface area contributed by atoms with Crippen molar-refractivity contribution in [3.63, 3.8) is 0 Å². The number of anilines is 1. The predicted molar refractivity (Wildman–Crippen MR) is 103 cm³/mol. The number of nitrogens with zero attached hydrogens (tertiary/aromatic N) is 1. The summed E-state index contributed by atoms with van der Waals surface area (Å²) in [6.07, 6.45) is 2.20. The molecule has 1 unspecified atom stereocenters. The van der Waals surface area contributed by atoms with E-state index in [1.165, 1.54) is 5.56 Å². The number of hydrogen-bond donors (Lipinski definition) is 2. The van der Waals surface area contributed by atoms with Crippen LogP contribution in [-0.4, -0.2) is 34.7 Å². The number of fused-ring (bicyclic) bond motifs is 1. The minimum atomic E-state index is -0.647. The van der Waals surface area contributed by atoms with Crippen molar-refractivity contribution in [1.29, 1.82) is 0 Å². The summed E-state index contributed by atoms with van der Waals surface area (Å²) in [5, 5.41) is 14.5. The van der Waals surface area contributed by atoms with Gasteiger partial charge in [-0.05, 0) is 48.4 Å². The standard InChI is InChI=1S/C21H23ClN2O2/c22-18-7-4-8-19(9-18)23-20(25)24-13-16-11-21(26,12-17(16)14-24)10-15-5-2-1-3-6-15/h1-9,16-17,26H,10-14H2,(H,23,25)/t16-,17+,21?. The van der Waals surface area contributed by atoms with Gasteiger partial charge in [-0.25, -0.2) is 4.79 Å². The second kappa shape index (κ2) is 6.93. The minimum absolute atomic E-state index is 0.0896. The van der Waals surface area contributed by atoms with Gasteiger partial charge in [0.25, 0.3) is 0 Å².